The van der Waals surface area contributed by atoms with Gasteiger partial charge in [-0.2, -0.15) is 0 Å². The maximum atomic E-state index is 12.8. The predicted octanol–water partition coefficient (Wildman–Crippen LogP) is -1.89. The van der Waals surface area contributed by atoms with Crippen LogP contribution in [0.1, 0.15) is 38.5 Å². The lowest BCUT2D eigenvalue weighted by molar-refractivity contribution is -0.176. The normalized spacial score (nSPS) is 24.6. The molecule has 2 heterocycles. The molecule has 2 saturated heterocycles. The van der Waals surface area contributed by atoms with Gasteiger partial charge < -0.3 is 27.4 Å². The molecule has 2 aliphatic rings. The number of hydroxylamine groups is 2. The van der Waals surface area contributed by atoms with E-state index in [-0.39, 0.29) is 24.8 Å². The molecule has 2 aliphatic heterocycles. The van der Waals surface area contributed by atoms with Gasteiger partial charge in [-0.3, -0.25) is 19.6 Å². The number of hydrogen-bond donors (Lipinski definition) is 5. The van der Waals surface area contributed by atoms with Crippen molar-refractivity contribution in [2.45, 2.75) is 56.7 Å². The van der Waals surface area contributed by atoms with Crippen molar-refractivity contribution in [3.63, 3.8) is 0 Å². The molecule has 154 valence electrons. The smallest absolute Gasteiger partial charge is 0.263 e. The zero-order chi connectivity index (χ0) is 20.0. The van der Waals surface area contributed by atoms with E-state index in [1.54, 1.807) is 0 Å². The molecule has 0 aromatic heterocycles. The van der Waals surface area contributed by atoms with Crippen molar-refractivity contribution in [1.29, 1.82) is 0 Å². The van der Waals surface area contributed by atoms with E-state index in [9.17, 15) is 19.6 Å². The molecule has 0 radical (unpaired) electrons. The molecule has 0 spiro atoms. The summed E-state index contributed by atoms with van der Waals surface area (Å²) in [5.41, 5.74) is 16.8. The van der Waals surface area contributed by atoms with Crippen LogP contribution in [-0.2, 0) is 14.4 Å². The van der Waals surface area contributed by atoms with E-state index in [0.29, 0.717) is 37.3 Å². The number of carbonyl (C=O) groups excluding carboxylic acids is 3. The summed E-state index contributed by atoms with van der Waals surface area (Å²) in [6, 6.07) is -2.36. The van der Waals surface area contributed by atoms with Crippen molar-refractivity contribution >= 4 is 17.7 Å². The van der Waals surface area contributed by atoms with Crippen LogP contribution in [0.2, 0.25) is 0 Å². The first kappa shape index (κ1) is 21.5. The second-order valence-corrected chi connectivity index (χ2v) is 7.40. The zero-order valence-corrected chi connectivity index (χ0v) is 15.7. The Labute approximate surface area is 159 Å². The average molecular weight is 384 g/mol. The highest BCUT2D eigenvalue weighted by Crippen LogP contribution is 2.26. The maximum Gasteiger partial charge on any atom is 0.263 e. The molecule has 8 N–H and O–H groups in total. The summed E-state index contributed by atoms with van der Waals surface area (Å²) < 4.78 is 0. The molecule has 2 rings (SSSR count). The van der Waals surface area contributed by atoms with E-state index in [1.165, 1.54) is 4.90 Å². The summed E-state index contributed by atoms with van der Waals surface area (Å²) in [5, 5.41) is 14.1. The van der Waals surface area contributed by atoms with Crippen molar-refractivity contribution in [3.8, 4) is 0 Å². The SMILES string of the molecule is NCCCC[C@H](N)C(=O)N(O)[C@H]1C[C@@H](C(N)=O)N(C(=O)C2CCNCC2)C1. The van der Waals surface area contributed by atoms with E-state index in [2.05, 4.69) is 5.32 Å². The summed E-state index contributed by atoms with van der Waals surface area (Å²) >= 11 is 0. The van der Waals surface area contributed by atoms with Crippen LogP contribution in [0.4, 0.5) is 0 Å². The van der Waals surface area contributed by atoms with Crippen LogP contribution < -0.4 is 22.5 Å². The molecule has 0 unspecified atom stereocenters. The van der Waals surface area contributed by atoms with Gasteiger partial charge in [-0.05, 0) is 45.3 Å². The largest absolute Gasteiger partial charge is 0.368 e. The Kier molecular flexibility index (Phi) is 7.96. The number of hydrogen-bond acceptors (Lipinski definition) is 7. The fraction of sp³-hybridized carbons (Fsp3) is 0.824. The lowest BCUT2D eigenvalue weighted by atomic mass is 9.96. The van der Waals surface area contributed by atoms with E-state index < -0.39 is 29.9 Å². The Morgan fingerprint density at radius 3 is 2.48 bits per heavy atom. The minimum Gasteiger partial charge on any atom is -0.368 e. The van der Waals surface area contributed by atoms with Gasteiger partial charge in [0.2, 0.25) is 11.8 Å². The summed E-state index contributed by atoms with van der Waals surface area (Å²) in [7, 11) is 0. The van der Waals surface area contributed by atoms with E-state index in [1.807, 2.05) is 0 Å². The summed E-state index contributed by atoms with van der Waals surface area (Å²) in [6.45, 7) is 2.09. The molecule has 0 bridgehead atoms. The standard InChI is InChI=1S/C17H32N6O4/c18-6-2-1-3-13(19)17(26)23(27)12-9-14(15(20)24)22(10-12)16(25)11-4-7-21-8-5-11/h11-14,21,27H,1-10,18-19H2,(H2,20,24)/t12-,13-,14-/m0/s1. The Bertz CT molecular complexity index is 540. The number of amides is 3. The first-order chi connectivity index (χ1) is 12.9. The molecule has 10 heteroatoms. The van der Waals surface area contributed by atoms with Crippen molar-refractivity contribution in [3.05, 3.63) is 0 Å². The highest BCUT2D eigenvalue weighted by molar-refractivity contribution is 5.89. The lowest BCUT2D eigenvalue weighted by Gasteiger charge is -2.30. The molecule has 0 saturated carbocycles. The van der Waals surface area contributed by atoms with E-state index >= 15 is 0 Å². The highest BCUT2D eigenvalue weighted by Gasteiger charge is 2.44. The number of nitrogens with one attached hydrogen (secondary N) is 1. The molecule has 2 fully saturated rings. The first-order valence-corrected chi connectivity index (χ1v) is 9.65. The molecule has 0 aromatic carbocycles. The number of carbonyl (C=O) groups is 3. The van der Waals surface area contributed by atoms with Gasteiger partial charge >= 0.3 is 0 Å². The fourth-order valence-electron chi connectivity index (χ4n) is 3.79. The fourth-order valence-corrected chi connectivity index (χ4v) is 3.79. The molecular formula is C17H32N6O4. The average Bonchev–Trinajstić information content (AvgIpc) is 3.12. The number of nitrogens with two attached hydrogens (primary N) is 3. The minimum absolute atomic E-state index is 0.0775. The predicted molar refractivity (Wildman–Crippen MR) is 98.2 cm³/mol. The van der Waals surface area contributed by atoms with Gasteiger partial charge in [0.15, 0.2) is 0 Å². The Hall–Kier alpha value is -1.75. The number of unbranched alkanes of at least 4 members (excludes halogenated alkanes) is 1. The molecular weight excluding hydrogens is 352 g/mol. The van der Waals surface area contributed by atoms with Crippen molar-refractivity contribution in [2.24, 2.45) is 23.1 Å². The van der Waals surface area contributed by atoms with Crippen molar-refractivity contribution in [1.82, 2.24) is 15.3 Å². The summed E-state index contributed by atoms with van der Waals surface area (Å²) in [5.74, 6) is -1.56. The van der Waals surface area contributed by atoms with Crippen LogP contribution in [0.15, 0.2) is 0 Å². The molecule has 0 aliphatic carbocycles. The number of primary amides is 1. The summed E-state index contributed by atoms with van der Waals surface area (Å²) in [6.07, 6.45) is 3.35. The molecule has 3 amide bonds. The first-order valence-electron chi connectivity index (χ1n) is 9.65. The van der Waals surface area contributed by atoms with Gasteiger partial charge in [0, 0.05) is 18.9 Å². The van der Waals surface area contributed by atoms with Crippen molar-refractivity contribution in [2.75, 3.05) is 26.2 Å². The Morgan fingerprint density at radius 1 is 1.22 bits per heavy atom. The van der Waals surface area contributed by atoms with E-state index in [4.69, 9.17) is 17.2 Å². The van der Waals surface area contributed by atoms with Crippen LogP contribution in [0.3, 0.4) is 0 Å². The third kappa shape index (κ3) is 5.38. The monoisotopic (exact) mass is 384 g/mol. The van der Waals surface area contributed by atoms with Gasteiger partial charge in [0.05, 0.1) is 12.1 Å². The highest BCUT2D eigenvalue weighted by atomic mass is 16.5. The van der Waals surface area contributed by atoms with Crippen LogP contribution in [-0.4, -0.2) is 77.2 Å². The molecule has 10 nitrogen and oxygen atoms in total. The minimum atomic E-state index is -0.845. The van der Waals surface area contributed by atoms with Gasteiger partial charge in [-0.15, -0.1) is 0 Å². The number of piperidine rings is 1. The molecule has 27 heavy (non-hydrogen) atoms. The Morgan fingerprint density at radius 2 is 1.89 bits per heavy atom. The zero-order valence-electron chi connectivity index (χ0n) is 15.7. The van der Waals surface area contributed by atoms with Crippen molar-refractivity contribution < 1.29 is 19.6 Å². The quantitative estimate of drug-likeness (QED) is 0.185. The second-order valence-electron chi connectivity index (χ2n) is 7.40. The summed E-state index contributed by atoms with van der Waals surface area (Å²) in [4.78, 5) is 38.5. The van der Waals surface area contributed by atoms with Crippen LogP contribution in [0, 0.1) is 5.92 Å². The third-order valence-electron chi connectivity index (χ3n) is 5.44. The molecule has 0 aromatic rings. The Balaban J connectivity index is 2.00. The van der Waals surface area contributed by atoms with Crippen LogP contribution in [0.5, 0.6) is 0 Å². The van der Waals surface area contributed by atoms with E-state index in [0.717, 1.165) is 19.5 Å². The number of rotatable bonds is 8. The third-order valence-corrected chi connectivity index (χ3v) is 5.44. The number of nitrogens with zero attached hydrogens (tertiary/aromatic N) is 2. The van der Waals surface area contributed by atoms with Gasteiger partial charge in [0.25, 0.3) is 5.91 Å². The van der Waals surface area contributed by atoms with Gasteiger partial charge in [-0.25, -0.2) is 5.06 Å². The molecule has 3 atom stereocenters. The second kappa shape index (κ2) is 9.98. The van der Waals surface area contributed by atoms with Crippen LogP contribution in [0.25, 0.3) is 0 Å². The lowest BCUT2D eigenvalue weighted by Crippen LogP contribution is -2.49. The topological polar surface area (TPSA) is 168 Å². The van der Waals surface area contributed by atoms with Crippen LogP contribution >= 0.6 is 0 Å². The van der Waals surface area contributed by atoms with Gasteiger partial charge in [0.1, 0.15) is 6.04 Å². The number of likely N-dealkylation sites (tertiary alicyclic amines) is 1. The maximum absolute atomic E-state index is 12.8. The van der Waals surface area contributed by atoms with Gasteiger partial charge in [-0.1, -0.05) is 6.42 Å².